The van der Waals surface area contributed by atoms with Crippen LogP contribution in [-0.2, 0) is 0 Å². The van der Waals surface area contributed by atoms with Crippen molar-refractivity contribution in [3.05, 3.63) is 35.4 Å². The molecule has 2 aliphatic rings. The molecule has 0 radical (unpaired) electrons. The fraction of sp³-hybridized carbons (Fsp3) is 0.760. The molecular weight excluding hydrogens is 338 g/mol. The fourth-order valence-corrected chi connectivity index (χ4v) is 5.72. The molecular formula is C25H38F2. The molecule has 0 N–H and O–H groups in total. The molecule has 2 saturated carbocycles. The molecule has 1 aromatic rings. The summed E-state index contributed by atoms with van der Waals surface area (Å²) in [5.74, 6) is 2.20. The number of hydrogen-bond acceptors (Lipinski definition) is 0. The molecule has 0 heterocycles. The molecule has 0 unspecified atom stereocenters. The van der Waals surface area contributed by atoms with Gasteiger partial charge < -0.3 is 0 Å². The lowest BCUT2D eigenvalue weighted by molar-refractivity contribution is 0.155. The van der Waals surface area contributed by atoms with E-state index in [1.807, 2.05) is 0 Å². The minimum absolute atomic E-state index is 0.293. The van der Waals surface area contributed by atoms with Gasteiger partial charge in [0.1, 0.15) is 11.6 Å². The molecule has 0 aromatic heterocycles. The smallest absolute Gasteiger partial charge is 0.129 e. The SMILES string of the molecule is CCCCCCC[C@H]1CC[C@H]([C@H]2CC[C@H](c3ccc(F)cc3F)CC2)CC1. The highest BCUT2D eigenvalue weighted by molar-refractivity contribution is 5.23. The summed E-state index contributed by atoms with van der Waals surface area (Å²) in [6.07, 6.45) is 18.8. The molecule has 0 aliphatic heterocycles. The van der Waals surface area contributed by atoms with E-state index in [0.717, 1.165) is 42.2 Å². The first-order chi connectivity index (χ1) is 13.2. The summed E-state index contributed by atoms with van der Waals surface area (Å²) in [4.78, 5) is 0. The van der Waals surface area contributed by atoms with Gasteiger partial charge in [-0.25, -0.2) is 8.78 Å². The van der Waals surface area contributed by atoms with Gasteiger partial charge in [-0.3, -0.25) is 0 Å². The van der Waals surface area contributed by atoms with Crippen LogP contribution in [0.3, 0.4) is 0 Å². The van der Waals surface area contributed by atoms with Crippen LogP contribution < -0.4 is 0 Å². The summed E-state index contributed by atoms with van der Waals surface area (Å²) in [7, 11) is 0. The Hall–Kier alpha value is -0.920. The second-order valence-electron chi connectivity index (χ2n) is 9.26. The van der Waals surface area contributed by atoms with E-state index in [2.05, 4.69) is 6.92 Å². The molecule has 0 amide bonds. The van der Waals surface area contributed by atoms with Gasteiger partial charge in [-0.15, -0.1) is 0 Å². The summed E-state index contributed by atoms with van der Waals surface area (Å²) >= 11 is 0. The number of rotatable bonds is 8. The van der Waals surface area contributed by atoms with E-state index in [9.17, 15) is 8.78 Å². The van der Waals surface area contributed by atoms with Crippen LogP contribution in [0.15, 0.2) is 18.2 Å². The molecule has 0 saturated heterocycles. The van der Waals surface area contributed by atoms with Crippen molar-refractivity contribution in [2.75, 3.05) is 0 Å². The van der Waals surface area contributed by atoms with Crippen LogP contribution in [-0.4, -0.2) is 0 Å². The topological polar surface area (TPSA) is 0 Å². The highest BCUT2D eigenvalue weighted by Gasteiger charge is 2.31. The van der Waals surface area contributed by atoms with Crippen molar-refractivity contribution < 1.29 is 8.78 Å². The zero-order valence-corrected chi connectivity index (χ0v) is 17.2. The van der Waals surface area contributed by atoms with Gasteiger partial charge >= 0.3 is 0 Å². The van der Waals surface area contributed by atoms with Gasteiger partial charge in [0.25, 0.3) is 0 Å². The Labute approximate surface area is 165 Å². The third kappa shape index (κ3) is 6.03. The molecule has 0 atom stereocenters. The first kappa shape index (κ1) is 20.8. The average molecular weight is 377 g/mol. The summed E-state index contributed by atoms with van der Waals surface area (Å²) in [6.45, 7) is 2.28. The van der Waals surface area contributed by atoms with Gasteiger partial charge in [0.05, 0.1) is 0 Å². The average Bonchev–Trinajstić information content (AvgIpc) is 2.69. The highest BCUT2D eigenvalue weighted by atomic mass is 19.1. The molecule has 0 spiro atoms. The van der Waals surface area contributed by atoms with Gasteiger partial charge in [0.15, 0.2) is 0 Å². The van der Waals surface area contributed by atoms with Crippen LogP contribution in [0.2, 0.25) is 0 Å². The van der Waals surface area contributed by atoms with Crippen LogP contribution in [0, 0.1) is 29.4 Å². The molecule has 27 heavy (non-hydrogen) atoms. The molecule has 3 rings (SSSR count). The Morgan fingerprint density at radius 2 is 1.41 bits per heavy atom. The maximum absolute atomic E-state index is 14.1. The predicted octanol–water partition coefficient (Wildman–Crippen LogP) is 8.41. The van der Waals surface area contributed by atoms with Crippen LogP contribution in [0.5, 0.6) is 0 Å². The van der Waals surface area contributed by atoms with E-state index < -0.39 is 5.82 Å². The van der Waals surface area contributed by atoms with E-state index in [1.165, 1.54) is 83.1 Å². The molecule has 0 nitrogen and oxygen atoms in total. The van der Waals surface area contributed by atoms with Gasteiger partial charge in [-0.1, -0.05) is 64.4 Å². The van der Waals surface area contributed by atoms with Gasteiger partial charge in [0, 0.05) is 6.07 Å². The molecule has 0 bridgehead atoms. The van der Waals surface area contributed by atoms with Crippen molar-refractivity contribution in [1.29, 1.82) is 0 Å². The van der Waals surface area contributed by atoms with Gasteiger partial charge in [-0.05, 0) is 73.8 Å². The van der Waals surface area contributed by atoms with E-state index in [1.54, 1.807) is 6.07 Å². The minimum atomic E-state index is -0.466. The molecule has 152 valence electrons. The monoisotopic (exact) mass is 376 g/mol. The standard InChI is InChI=1S/C25H38F2/c1-2-3-4-5-6-7-19-8-10-20(11-9-19)21-12-14-22(15-13-21)24-17-16-23(26)18-25(24)27/h16-22H,2-15H2,1H3/t19-,20-,21-,22-. The van der Waals surface area contributed by atoms with E-state index >= 15 is 0 Å². The van der Waals surface area contributed by atoms with Crippen molar-refractivity contribution in [2.24, 2.45) is 17.8 Å². The van der Waals surface area contributed by atoms with Crippen LogP contribution in [0.1, 0.15) is 108 Å². The van der Waals surface area contributed by atoms with Crippen molar-refractivity contribution >= 4 is 0 Å². The lowest BCUT2D eigenvalue weighted by Gasteiger charge is -2.38. The van der Waals surface area contributed by atoms with E-state index in [4.69, 9.17) is 0 Å². The summed E-state index contributed by atoms with van der Waals surface area (Å²) < 4.78 is 27.2. The molecule has 2 fully saturated rings. The van der Waals surface area contributed by atoms with Crippen LogP contribution in [0.4, 0.5) is 8.78 Å². The van der Waals surface area contributed by atoms with Crippen molar-refractivity contribution in [2.45, 2.75) is 103 Å². The Kier molecular flexibility index (Phi) is 8.15. The zero-order chi connectivity index (χ0) is 19.1. The summed E-state index contributed by atoms with van der Waals surface area (Å²) in [5.41, 5.74) is 0.738. The highest BCUT2D eigenvalue weighted by Crippen LogP contribution is 2.44. The second kappa shape index (κ2) is 10.6. The van der Waals surface area contributed by atoms with Gasteiger partial charge in [0.2, 0.25) is 0 Å². The summed E-state index contributed by atoms with van der Waals surface area (Å²) in [5, 5.41) is 0. The van der Waals surface area contributed by atoms with E-state index in [0.29, 0.717) is 5.92 Å². The molecule has 2 aliphatic carbocycles. The van der Waals surface area contributed by atoms with Crippen molar-refractivity contribution in [3.63, 3.8) is 0 Å². The first-order valence-corrected chi connectivity index (χ1v) is 11.6. The number of benzene rings is 1. The second-order valence-corrected chi connectivity index (χ2v) is 9.26. The number of halogens is 2. The third-order valence-electron chi connectivity index (χ3n) is 7.45. The van der Waals surface area contributed by atoms with E-state index in [-0.39, 0.29) is 5.82 Å². The number of hydrogen-bond donors (Lipinski definition) is 0. The lowest BCUT2D eigenvalue weighted by Crippen LogP contribution is -2.25. The fourth-order valence-electron chi connectivity index (χ4n) is 5.72. The summed E-state index contributed by atoms with van der Waals surface area (Å²) in [6, 6.07) is 4.13. The van der Waals surface area contributed by atoms with Crippen LogP contribution in [0.25, 0.3) is 0 Å². The first-order valence-electron chi connectivity index (χ1n) is 11.6. The quantitative estimate of drug-likeness (QED) is 0.399. The molecule has 1 aromatic carbocycles. The number of unbranched alkanes of at least 4 members (excludes halogenated alkanes) is 4. The van der Waals surface area contributed by atoms with Crippen molar-refractivity contribution in [1.82, 2.24) is 0 Å². The Bertz CT molecular complexity index is 551. The Balaban J connectivity index is 1.37. The molecule has 2 heteroatoms. The zero-order valence-electron chi connectivity index (χ0n) is 17.2. The van der Waals surface area contributed by atoms with Crippen LogP contribution >= 0.6 is 0 Å². The Morgan fingerprint density at radius 3 is 2.04 bits per heavy atom. The van der Waals surface area contributed by atoms with Gasteiger partial charge in [-0.2, -0.15) is 0 Å². The lowest BCUT2D eigenvalue weighted by atomic mass is 9.68. The maximum atomic E-state index is 14.1. The third-order valence-corrected chi connectivity index (χ3v) is 7.45. The predicted molar refractivity (Wildman–Crippen MR) is 110 cm³/mol. The van der Waals surface area contributed by atoms with Crippen molar-refractivity contribution in [3.8, 4) is 0 Å². The normalized spacial score (nSPS) is 29.0. The Morgan fingerprint density at radius 1 is 0.778 bits per heavy atom. The minimum Gasteiger partial charge on any atom is -0.207 e. The maximum Gasteiger partial charge on any atom is 0.129 e. The largest absolute Gasteiger partial charge is 0.207 e.